The van der Waals surface area contributed by atoms with Crippen molar-refractivity contribution in [1.29, 1.82) is 0 Å². The summed E-state index contributed by atoms with van der Waals surface area (Å²) in [6.45, 7) is 11.5. The molecule has 0 spiro atoms. The topological polar surface area (TPSA) is 61.4 Å². The Bertz CT molecular complexity index is 533. The molecule has 0 aliphatic rings. The van der Waals surface area contributed by atoms with Gasteiger partial charge in [0.05, 0.1) is 12.1 Å². The molecule has 1 rings (SSSR count). The quantitative estimate of drug-likeness (QED) is 0.749. The number of urea groups is 1. The van der Waals surface area contributed by atoms with Crippen molar-refractivity contribution in [2.75, 3.05) is 6.54 Å². The summed E-state index contributed by atoms with van der Waals surface area (Å²) in [6, 6.07) is 3.03. The van der Waals surface area contributed by atoms with E-state index >= 15 is 0 Å². The first kappa shape index (κ1) is 19.4. The predicted molar refractivity (Wildman–Crippen MR) is 90.9 cm³/mol. The van der Waals surface area contributed by atoms with Gasteiger partial charge in [-0.05, 0) is 56.2 Å². The van der Waals surface area contributed by atoms with Crippen LogP contribution in [-0.4, -0.2) is 23.8 Å². The Hall–Kier alpha value is -1.62. The molecule has 0 aromatic heterocycles. The minimum atomic E-state index is -0.404. The Kier molecular flexibility index (Phi) is 6.57. The van der Waals surface area contributed by atoms with Crippen molar-refractivity contribution in [3.8, 4) is 0 Å². The van der Waals surface area contributed by atoms with Crippen molar-refractivity contribution in [2.24, 2.45) is 5.41 Å². The molecule has 0 heterocycles. The zero-order valence-electron chi connectivity index (χ0n) is 15.0. The third kappa shape index (κ3) is 6.18. The number of aryl methyl sites for hydroxylation is 2. The molecule has 4 nitrogen and oxygen atoms in total. The highest BCUT2D eigenvalue weighted by molar-refractivity contribution is 5.74. The number of aliphatic hydroxyl groups excluding tert-OH is 1. The highest BCUT2D eigenvalue weighted by Gasteiger charge is 2.21. The molecule has 3 N–H and O–H groups in total. The molecule has 130 valence electrons. The summed E-state index contributed by atoms with van der Waals surface area (Å²) >= 11 is 0. The number of hydrogen-bond acceptors (Lipinski definition) is 2. The third-order valence-electron chi connectivity index (χ3n) is 3.88. The molecule has 23 heavy (non-hydrogen) atoms. The lowest BCUT2D eigenvalue weighted by Crippen LogP contribution is -2.42. The molecule has 0 saturated carbocycles. The number of carbonyl (C=O) groups is 1. The van der Waals surface area contributed by atoms with Crippen LogP contribution in [0.15, 0.2) is 12.1 Å². The van der Waals surface area contributed by atoms with Gasteiger partial charge in [-0.3, -0.25) is 0 Å². The summed E-state index contributed by atoms with van der Waals surface area (Å²) in [5, 5.41) is 15.2. The number of nitrogens with one attached hydrogen (secondary N) is 2. The summed E-state index contributed by atoms with van der Waals surface area (Å²) in [4.78, 5) is 12.0. The molecule has 0 fully saturated rings. The van der Waals surface area contributed by atoms with Gasteiger partial charge in [0.15, 0.2) is 0 Å². The van der Waals surface area contributed by atoms with Crippen LogP contribution in [0.4, 0.5) is 9.18 Å². The number of halogens is 1. The lowest BCUT2D eigenvalue weighted by atomic mass is 9.87. The zero-order valence-corrected chi connectivity index (χ0v) is 15.0. The van der Waals surface area contributed by atoms with E-state index in [1.165, 1.54) is 0 Å². The van der Waals surface area contributed by atoms with Crippen LogP contribution < -0.4 is 10.6 Å². The van der Waals surface area contributed by atoms with E-state index in [2.05, 4.69) is 10.6 Å². The van der Waals surface area contributed by atoms with E-state index in [1.807, 2.05) is 20.8 Å². The molecular formula is C18H29FN2O2. The monoisotopic (exact) mass is 324 g/mol. The SMILES string of the molecule is Cc1cc(C(C)NC(=O)NCC(C)(C)CC(C)O)cc(C)c1F. The summed E-state index contributed by atoms with van der Waals surface area (Å²) in [5.74, 6) is -0.203. The van der Waals surface area contributed by atoms with Crippen LogP contribution >= 0.6 is 0 Å². The average molecular weight is 324 g/mol. The van der Waals surface area contributed by atoms with Gasteiger partial charge in [-0.1, -0.05) is 26.0 Å². The number of rotatable bonds is 6. The summed E-state index contributed by atoms with van der Waals surface area (Å²) in [6.07, 6.45) is 0.207. The molecular weight excluding hydrogens is 295 g/mol. The highest BCUT2D eigenvalue weighted by Crippen LogP contribution is 2.22. The van der Waals surface area contributed by atoms with Gasteiger partial charge in [0, 0.05) is 6.54 Å². The van der Waals surface area contributed by atoms with Crippen molar-refractivity contribution < 1.29 is 14.3 Å². The molecule has 0 radical (unpaired) electrons. The third-order valence-corrected chi connectivity index (χ3v) is 3.88. The van der Waals surface area contributed by atoms with Crippen LogP contribution in [0.5, 0.6) is 0 Å². The van der Waals surface area contributed by atoms with Gasteiger partial charge < -0.3 is 15.7 Å². The molecule has 1 aromatic carbocycles. The molecule has 1 aromatic rings. The summed E-state index contributed by atoms with van der Waals surface area (Å²) in [7, 11) is 0. The maximum absolute atomic E-state index is 13.7. The first-order valence-corrected chi connectivity index (χ1v) is 8.01. The Morgan fingerprint density at radius 2 is 1.78 bits per heavy atom. The highest BCUT2D eigenvalue weighted by atomic mass is 19.1. The van der Waals surface area contributed by atoms with Gasteiger partial charge in [-0.15, -0.1) is 0 Å². The van der Waals surface area contributed by atoms with E-state index in [0.29, 0.717) is 24.1 Å². The minimum Gasteiger partial charge on any atom is -0.393 e. The van der Waals surface area contributed by atoms with E-state index in [1.54, 1.807) is 32.9 Å². The van der Waals surface area contributed by atoms with Crippen molar-refractivity contribution >= 4 is 6.03 Å². The van der Waals surface area contributed by atoms with Gasteiger partial charge in [0.2, 0.25) is 0 Å². The Morgan fingerprint density at radius 3 is 2.26 bits per heavy atom. The molecule has 0 saturated heterocycles. The normalized spacial score (nSPS) is 14.3. The standard InChI is InChI=1S/C18H29FN2O2/c1-11-7-15(8-12(2)16(11)19)14(4)21-17(23)20-10-18(5,6)9-13(3)22/h7-8,13-14,22H,9-10H2,1-6H3,(H2,20,21,23). The second-order valence-corrected chi connectivity index (χ2v) is 7.23. The van der Waals surface area contributed by atoms with Crippen molar-refractivity contribution in [2.45, 2.75) is 60.1 Å². The van der Waals surface area contributed by atoms with Gasteiger partial charge in [-0.2, -0.15) is 0 Å². The lowest BCUT2D eigenvalue weighted by molar-refractivity contribution is 0.128. The van der Waals surface area contributed by atoms with Crippen LogP contribution in [0.1, 0.15) is 56.8 Å². The van der Waals surface area contributed by atoms with Gasteiger partial charge in [0.1, 0.15) is 5.82 Å². The predicted octanol–water partition coefficient (Wildman–Crippen LogP) is 3.60. The smallest absolute Gasteiger partial charge is 0.315 e. The van der Waals surface area contributed by atoms with Crippen molar-refractivity contribution in [3.63, 3.8) is 0 Å². The second kappa shape index (κ2) is 7.77. The average Bonchev–Trinajstić information content (AvgIpc) is 2.40. The fourth-order valence-electron chi connectivity index (χ4n) is 2.75. The summed E-state index contributed by atoms with van der Waals surface area (Å²) < 4.78 is 13.7. The van der Waals surface area contributed by atoms with E-state index in [0.717, 1.165) is 5.56 Å². The van der Waals surface area contributed by atoms with Crippen LogP contribution in [-0.2, 0) is 0 Å². The number of benzene rings is 1. The van der Waals surface area contributed by atoms with Gasteiger partial charge >= 0.3 is 6.03 Å². The summed E-state index contributed by atoms with van der Waals surface area (Å²) in [5.41, 5.74) is 1.84. The number of hydrogen-bond donors (Lipinski definition) is 3. The van der Waals surface area contributed by atoms with Crippen LogP contribution in [0, 0.1) is 25.1 Å². The van der Waals surface area contributed by atoms with E-state index in [9.17, 15) is 14.3 Å². The van der Waals surface area contributed by atoms with Crippen molar-refractivity contribution in [1.82, 2.24) is 10.6 Å². The number of carbonyl (C=O) groups excluding carboxylic acids is 1. The van der Waals surface area contributed by atoms with Gasteiger partial charge in [0.25, 0.3) is 0 Å². The van der Waals surface area contributed by atoms with E-state index in [-0.39, 0.29) is 23.3 Å². The Morgan fingerprint density at radius 1 is 1.26 bits per heavy atom. The molecule has 5 heteroatoms. The van der Waals surface area contributed by atoms with E-state index in [4.69, 9.17) is 0 Å². The van der Waals surface area contributed by atoms with Crippen molar-refractivity contribution in [3.05, 3.63) is 34.6 Å². The molecule has 0 aliphatic heterocycles. The zero-order chi connectivity index (χ0) is 17.8. The maximum atomic E-state index is 13.7. The fraction of sp³-hybridized carbons (Fsp3) is 0.611. The van der Waals surface area contributed by atoms with E-state index < -0.39 is 6.10 Å². The first-order valence-electron chi connectivity index (χ1n) is 8.01. The van der Waals surface area contributed by atoms with Crippen LogP contribution in [0.25, 0.3) is 0 Å². The number of amides is 2. The lowest BCUT2D eigenvalue weighted by Gasteiger charge is -2.27. The maximum Gasteiger partial charge on any atom is 0.315 e. The fourth-order valence-corrected chi connectivity index (χ4v) is 2.75. The molecule has 0 bridgehead atoms. The number of aliphatic hydroxyl groups is 1. The van der Waals surface area contributed by atoms with Crippen LogP contribution in [0.3, 0.4) is 0 Å². The molecule has 2 atom stereocenters. The first-order chi connectivity index (χ1) is 10.5. The molecule has 2 amide bonds. The van der Waals surface area contributed by atoms with Crippen LogP contribution in [0.2, 0.25) is 0 Å². The minimum absolute atomic E-state index is 0.183. The van der Waals surface area contributed by atoms with Gasteiger partial charge in [-0.25, -0.2) is 9.18 Å². The Balaban J connectivity index is 2.61. The Labute approximate surface area is 138 Å². The second-order valence-electron chi connectivity index (χ2n) is 7.23. The molecule has 0 aliphatic carbocycles. The largest absolute Gasteiger partial charge is 0.393 e. The molecule has 2 unspecified atom stereocenters.